The van der Waals surface area contributed by atoms with E-state index in [-0.39, 0.29) is 5.41 Å². The Morgan fingerprint density at radius 1 is 1.03 bits per heavy atom. The fourth-order valence-corrected chi connectivity index (χ4v) is 5.00. The second-order valence-corrected chi connectivity index (χ2v) is 9.22. The summed E-state index contributed by atoms with van der Waals surface area (Å²) in [6.07, 6.45) is 9.58. The quantitative estimate of drug-likeness (QED) is 0.312. The number of aryl methyl sites for hydroxylation is 1. The summed E-state index contributed by atoms with van der Waals surface area (Å²) in [6, 6.07) is 14.5. The lowest BCUT2D eigenvalue weighted by molar-refractivity contribution is 0.292. The fraction of sp³-hybridized carbons (Fsp3) is 0.348. The van der Waals surface area contributed by atoms with E-state index in [9.17, 15) is 0 Å². The molecule has 160 valence electrons. The van der Waals surface area contributed by atoms with Gasteiger partial charge in [0.15, 0.2) is 10.3 Å². The Labute approximate surface area is 192 Å². The maximum absolute atomic E-state index is 5.59. The number of nitrogens with zero attached hydrogens (tertiary/aromatic N) is 4. The molecule has 2 heterocycles. The molecule has 6 nitrogen and oxygen atoms in total. The molecule has 3 aromatic rings. The van der Waals surface area contributed by atoms with Gasteiger partial charge in [0.05, 0.1) is 0 Å². The zero-order valence-electron chi connectivity index (χ0n) is 17.5. The summed E-state index contributed by atoms with van der Waals surface area (Å²) in [5.74, 6) is 0.480. The molecule has 8 heteroatoms. The van der Waals surface area contributed by atoms with Crippen LogP contribution in [0.25, 0.3) is 0 Å². The predicted molar refractivity (Wildman–Crippen MR) is 128 cm³/mol. The molecule has 0 saturated heterocycles. The van der Waals surface area contributed by atoms with Crippen LogP contribution in [-0.4, -0.2) is 31.6 Å². The topological polar surface area (TPSA) is 75.6 Å². The Morgan fingerprint density at radius 3 is 2.52 bits per heavy atom. The summed E-state index contributed by atoms with van der Waals surface area (Å²) in [5.41, 5.74) is 2.36. The van der Waals surface area contributed by atoms with Crippen molar-refractivity contribution in [2.45, 2.75) is 54.6 Å². The molecule has 0 radical (unpaired) electrons. The van der Waals surface area contributed by atoms with Gasteiger partial charge in [-0.15, -0.1) is 0 Å². The third-order valence-electron chi connectivity index (χ3n) is 5.58. The van der Waals surface area contributed by atoms with Gasteiger partial charge in [0.1, 0.15) is 5.03 Å². The maximum atomic E-state index is 5.59. The summed E-state index contributed by atoms with van der Waals surface area (Å²) in [4.78, 5) is 17.5. The summed E-state index contributed by atoms with van der Waals surface area (Å²) >= 11 is 6.99. The lowest BCUT2D eigenvalue weighted by atomic mass is 9.69. The number of rotatable bonds is 6. The van der Waals surface area contributed by atoms with Crippen LogP contribution in [-0.2, 0) is 5.41 Å². The SMILES string of the molecule is Cc1cc(Sc2ncccn2)nc(NC(=S)NCC2(c3ccccc3)CCCCC2)n1. The second-order valence-electron chi connectivity index (χ2n) is 7.82. The standard InChI is InChI=1S/C23H26N6S2/c1-17-15-19(31-22-24-13-8-14-25-22)28-20(27-17)29-21(30)26-16-23(11-6-3-7-12-23)18-9-4-2-5-10-18/h2,4-5,8-10,13-15H,3,6-7,11-12,16H2,1H3,(H2,26,27,28,29,30). The number of aromatic nitrogens is 4. The molecule has 0 aliphatic heterocycles. The minimum atomic E-state index is 0.115. The highest BCUT2D eigenvalue weighted by Gasteiger charge is 2.33. The van der Waals surface area contributed by atoms with E-state index in [0.29, 0.717) is 16.2 Å². The molecular weight excluding hydrogens is 424 g/mol. The van der Waals surface area contributed by atoms with Crippen molar-refractivity contribution in [1.82, 2.24) is 25.3 Å². The summed E-state index contributed by atoms with van der Waals surface area (Å²) in [7, 11) is 0. The van der Waals surface area contributed by atoms with Gasteiger partial charge in [-0.2, -0.15) is 0 Å². The van der Waals surface area contributed by atoms with E-state index >= 15 is 0 Å². The molecular formula is C23H26N6S2. The molecule has 31 heavy (non-hydrogen) atoms. The minimum absolute atomic E-state index is 0.115. The van der Waals surface area contributed by atoms with E-state index in [1.165, 1.54) is 49.4 Å². The number of nitrogens with one attached hydrogen (secondary N) is 2. The molecule has 1 fully saturated rings. The minimum Gasteiger partial charge on any atom is -0.361 e. The molecule has 2 N–H and O–H groups in total. The highest BCUT2D eigenvalue weighted by Crippen LogP contribution is 2.38. The molecule has 1 aliphatic carbocycles. The fourth-order valence-electron chi connectivity index (χ4n) is 4.06. The van der Waals surface area contributed by atoms with Crippen molar-refractivity contribution in [2.75, 3.05) is 11.9 Å². The molecule has 1 aromatic carbocycles. The van der Waals surface area contributed by atoms with Gasteiger partial charge in [-0.05, 0) is 61.4 Å². The molecule has 0 atom stereocenters. The molecule has 2 aromatic heterocycles. The van der Waals surface area contributed by atoms with Crippen LogP contribution in [0.4, 0.5) is 5.95 Å². The van der Waals surface area contributed by atoms with Crippen LogP contribution in [0, 0.1) is 6.92 Å². The monoisotopic (exact) mass is 450 g/mol. The maximum Gasteiger partial charge on any atom is 0.230 e. The van der Waals surface area contributed by atoms with Crippen molar-refractivity contribution in [1.29, 1.82) is 0 Å². The first-order valence-electron chi connectivity index (χ1n) is 10.5. The van der Waals surface area contributed by atoms with Gasteiger partial charge in [0, 0.05) is 30.0 Å². The third kappa shape index (κ3) is 5.77. The van der Waals surface area contributed by atoms with Crippen molar-refractivity contribution in [3.05, 3.63) is 66.1 Å². The van der Waals surface area contributed by atoms with Crippen LogP contribution in [0.3, 0.4) is 0 Å². The van der Waals surface area contributed by atoms with Crippen LogP contribution < -0.4 is 10.6 Å². The number of hydrogen-bond acceptors (Lipinski definition) is 6. The van der Waals surface area contributed by atoms with Crippen LogP contribution in [0.2, 0.25) is 0 Å². The van der Waals surface area contributed by atoms with Crippen LogP contribution in [0.1, 0.15) is 43.4 Å². The van der Waals surface area contributed by atoms with E-state index in [2.05, 4.69) is 60.9 Å². The van der Waals surface area contributed by atoms with Crippen molar-refractivity contribution >= 4 is 35.0 Å². The zero-order chi connectivity index (χ0) is 21.5. The Balaban J connectivity index is 1.42. The largest absolute Gasteiger partial charge is 0.361 e. The van der Waals surface area contributed by atoms with E-state index in [1.807, 2.05) is 13.0 Å². The molecule has 0 spiro atoms. The van der Waals surface area contributed by atoms with Crippen LogP contribution >= 0.6 is 24.0 Å². The molecule has 4 rings (SSSR count). The van der Waals surface area contributed by atoms with E-state index in [1.54, 1.807) is 18.5 Å². The van der Waals surface area contributed by atoms with Crippen molar-refractivity contribution in [3.8, 4) is 0 Å². The number of hydrogen-bond donors (Lipinski definition) is 2. The number of anilines is 1. The molecule has 1 saturated carbocycles. The summed E-state index contributed by atoms with van der Waals surface area (Å²) in [6.45, 7) is 2.74. The molecule has 0 unspecified atom stereocenters. The Hall–Kier alpha value is -2.58. The lowest BCUT2D eigenvalue weighted by Gasteiger charge is -2.38. The second kappa shape index (κ2) is 10.2. The Bertz CT molecular complexity index is 1010. The summed E-state index contributed by atoms with van der Waals surface area (Å²) < 4.78 is 0. The van der Waals surface area contributed by atoms with E-state index in [4.69, 9.17) is 12.2 Å². The van der Waals surface area contributed by atoms with Gasteiger partial charge >= 0.3 is 0 Å². The van der Waals surface area contributed by atoms with Gasteiger partial charge in [-0.3, -0.25) is 0 Å². The molecule has 1 aliphatic rings. The predicted octanol–water partition coefficient (Wildman–Crippen LogP) is 4.91. The van der Waals surface area contributed by atoms with Gasteiger partial charge in [0.2, 0.25) is 5.95 Å². The third-order valence-corrected chi connectivity index (χ3v) is 6.64. The normalized spacial score (nSPS) is 15.3. The van der Waals surface area contributed by atoms with Gasteiger partial charge < -0.3 is 10.6 Å². The smallest absolute Gasteiger partial charge is 0.230 e. The average molecular weight is 451 g/mol. The zero-order valence-corrected chi connectivity index (χ0v) is 19.2. The molecule has 0 bridgehead atoms. The molecule has 0 amide bonds. The average Bonchev–Trinajstić information content (AvgIpc) is 2.79. The van der Waals surface area contributed by atoms with Gasteiger partial charge in [0.25, 0.3) is 0 Å². The van der Waals surface area contributed by atoms with Gasteiger partial charge in [-0.25, -0.2) is 19.9 Å². The van der Waals surface area contributed by atoms with Crippen molar-refractivity contribution < 1.29 is 0 Å². The lowest BCUT2D eigenvalue weighted by Crippen LogP contribution is -2.43. The first kappa shape index (κ1) is 21.6. The number of thiocarbonyl (C=S) groups is 1. The van der Waals surface area contributed by atoms with Gasteiger partial charge in [-0.1, -0.05) is 49.6 Å². The number of benzene rings is 1. The van der Waals surface area contributed by atoms with E-state index < -0.39 is 0 Å². The highest BCUT2D eigenvalue weighted by molar-refractivity contribution is 7.99. The van der Waals surface area contributed by atoms with Crippen molar-refractivity contribution in [2.24, 2.45) is 0 Å². The first-order valence-corrected chi connectivity index (χ1v) is 11.8. The van der Waals surface area contributed by atoms with E-state index in [0.717, 1.165) is 17.3 Å². The Kier molecular flexibility index (Phi) is 7.09. The van der Waals surface area contributed by atoms with Crippen LogP contribution in [0.15, 0.2) is 65.0 Å². The van der Waals surface area contributed by atoms with Crippen LogP contribution in [0.5, 0.6) is 0 Å². The summed E-state index contributed by atoms with van der Waals surface area (Å²) in [5, 5.41) is 8.56. The highest BCUT2D eigenvalue weighted by atomic mass is 32.2. The first-order chi connectivity index (χ1) is 15.1. The van der Waals surface area contributed by atoms with Crippen molar-refractivity contribution in [3.63, 3.8) is 0 Å². The Morgan fingerprint density at radius 2 is 1.77 bits per heavy atom.